The van der Waals surface area contributed by atoms with Gasteiger partial charge in [0, 0.05) is 6.20 Å². The molecule has 0 unspecified atom stereocenters. The highest BCUT2D eigenvalue weighted by molar-refractivity contribution is 5.93. The van der Waals surface area contributed by atoms with Gasteiger partial charge < -0.3 is 5.11 Å². The van der Waals surface area contributed by atoms with E-state index in [1.54, 1.807) is 12.1 Å². The second kappa shape index (κ2) is 3.31. The highest BCUT2D eigenvalue weighted by Gasteiger charge is 2.07. The number of rotatable bonds is 1. The standard InChI is InChI=1S/C13H10N2O2/c1-8-7-15-11-6-10(13(16)17)3-2-9(11)4-5-12(15)14-8/h2-7H,1H3,(H,16,17). The van der Waals surface area contributed by atoms with Crippen LogP contribution in [0.15, 0.2) is 36.5 Å². The van der Waals surface area contributed by atoms with Crippen molar-refractivity contribution in [2.75, 3.05) is 0 Å². The van der Waals surface area contributed by atoms with Gasteiger partial charge in [0.1, 0.15) is 5.65 Å². The van der Waals surface area contributed by atoms with E-state index in [1.807, 2.05) is 35.7 Å². The largest absolute Gasteiger partial charge is 0.478 e. The van der Waals surface area contributed by atoms with Crippen LogP contribution in [0.3, 0.4) is 0 Å². The predicted molar refractivity (Wildman–Crippen MR) is 64.4 cm³/mol. The molecule has 0 aliphatic heterocycles. The van der Waals surface area contributed by atoms with Gasteiger partial charge in [-0.05, 0) is 36.6 Å². The van der Waals surface area contributed by atoms with Crippen LogP contribution in [0, 0.1) is 6.92 Å². The highest BCUT2D eigenvalue weighted by Crippen LogP contribution is 2.19. The number of fused-ring (bicyclic) bond motifs is 3. The Kier molecular flexibility index (Phi) is 1.92. The normalized spacial score (nSPS) is 11.1. The topological polar surface area (TPSA) is 54.6 Å². The van der Waals surface area contributed by atoms with Crippen LogP contribution in [-0.4, -0.2) is 20.5 Å². The second-order valence-corrected chi connectivity index (χ2v) is 4.02. The first-order chi connectivity index (χ1) is 8.15. The summed E-state index contributed by atoms with van der Waals surface area (Å²) in [6.07, 6.45) is 1.91. The molecule has 0 aliphatic rings. The summed E-state index contributed by atoms with van der Waals surface area (Å²) in [6.45, 7) is 1.92. The number of carboxylic acid groups (broad SMARTS) is 1. The van der Waals surface area contributed by atoms with Crippen molar-refractivity contribution in [1.82, 2.24) is 9.38 Å². The summed E-state index contributed by atoms with van der Waals surface area (Å²) in [4.78, 5) is 15.3. The molecule has 3 aromatic rings. The van der Waals surface area contributed by atoms with Crippen molar-refractivity contribution in [2.45, 2.75) is 6.92 Å². The second-order valence-electron chi connectivity index (χ2n) is 4.02. The molecule has 0 spiro atoms. The zero-order valence-corrected chi connectivity index (χ0v) is 9.21. The van der Waals surface area contributed by atoms with Crippen LogP contribution in [0.25, 0.3) is 16.6 Å². The van der Waals surface area contributed by atoms with Crippen molar-refractivity contribution in [1.29, 1.82) is 0 Å². The molecule has 1 aromatic carbocycles. The first-order valence-electron chi connectivity index (χ1n) is 5.27. The Hall–Kier alpha value is -2.36. The van der Waals surface area contributed by atoms with E-state index in [1.165, 1.54) is 0 Å². The maximum atomic E-state index is 11.0. The number of benzene rings is 1. The molecule has 4 nitrogen and oxygen atoms in total. The molecular formula is C13H10N2O2. The molecule has 2 heterocycles. The third-order valence-electron chi connectivity index (χ3n) is 2.80. The van der Waals surface area contributed by atoms with Gasteiger partial charge in [0.05, 0.1) is 16.8 Å². The minimum Gasteiger partial charge on any atom is -0.478 e. The Morgan fingerprint density at radius 3 is 2.82 bits per heavy atom. The average Bonchev–Trinajstić information content (AvgIpc) is 2.69. The molecule has 0 radical (unpaired) electrons. The van der Waals surface area contributed by atoms with E-state index in [0.29, 0.717) is 0 Å². The summed E-state index contributed by atoms with van der Waals surface area (Å²) in [5, 5.41) is 10.00. The first kappa shape index (κ1) is 9.84. The maximum absolute atomic E-state index is 11.0. The van der Waals surface area contributed by atoms with E-state index >= 15 is 0 Å². The molecule has 3 rings (SSSR count). The molecular weight excluding hydrogens is 216 g/mol. The molecule has 84 valence electrons. The summed E-state index contributed by atoms with van der Waals surface area (Å²) in [5.74, 6) is -0.916. The van der Waals surface area contributed by atoms with Crippen LogP contribution in [0.2, 0.25) is 0 Å². The number of hydrogen-bond acceptors (Lipinski definition) is 2. The third kappa shape index (κ3) is 1.45. The highest BCUT2D eigenvalue weighted by atomic mass is 16.4. The SMILES string of the molecule is Cc1cn2c(ccc3ccc(C(=O)O)cc32)n1. The van der Waals surface area contributed by atoms with E-state index in [2.05, 4.69) is 4.98 Å². The number of aromatic nitrogens is 2. The van der Waals surface area contributed by atoms with Crippen molar-refractivity contribution < 1.29 is 9.90 Å². The number of nitrogens with zero attached hydrogens (tertiary/aromatic N) is 2. The molecule has 0 saturated carbocycles. The third-order valence-corrected chi connectivity index (χ3v) is 2.80. The lowest BCUT2D eigenvalue weighted by Gasteiger charge is -2.03. The number of aryl methyl sites for hydroxylation is 1. The van der Waals surface area contributed by atoms with Crippen LogP contribution < -0.4 is 0 Å². The van der Waals surface area contributed by atoms with Crippen LogP contribution in [-0.2, 0) is 0 Å². The number of imidazole rings is 1. The van der Waals surface area contributed by atoms with Gasteiger partial charge >= 0.3 is 5.97 Å². The van der Waals surface area contributed by atoms with E-state index < -0.39 is 5.97 Å². The summed E-state index contributed by atoms with van der Waals surface area (Å²) in [7, 11) is 0. The van der Waals surface area contributed by atoms with Gasteiger partial charge in [-0.2, -0.15) is 0 Å². The number of pyridine rings is 1. The Labute approximate surface area is 97.1 Å². The van der Waals surface area contributed by atoms with Gasteiger partial charge in [0.2, 0.25) is 0 Å². The molecule has 0 fully saturated rings. The van der Waals surface area contributed by atoms with Crippen molar-refractivity contribution in [2.24, 2.45) is 0 Å². The van der Waals surface area contributed by atoms with Crippen molar-refractivity contribution in [3.8, 4) is 0 Å². The molecule has 2 aromatic heterocycles. The van der Waals surface area contributed by atoms with Gasteiger partial charge in [-0.1, -0.05) is 6.07 Å². The molecule has 0 bridgehead atoms. The van der Waals surface area contributed by atoms with Crippen molar-refractivity contribution in [3.05, 3.63) is 47.8 Å². The fourth-order valence-electron chi connectivity index (χ4n) is 2.02. The lowest BCUT2D eigenvalue weighted by Crippen LogP contribution is -1.97. The minimum absolute atomic E-state index is 0.288. The smallest absolute Gasteiger partial charge is 0.335 e. The lowest BCUT2D eigenvalue weighted by molar-refractivity contribution is 0.0697. The van der Waals surface area contributed by atoms with Crippen LogP contribution in [0.4, 0.5) is 0 Å². The Bertz CT molecular complexity index is 744. The zero-order chi connectivity index (χ0) is 12.0. The van der Waals surface area contributed by atoms with Crippen molar-refractivity contribution >= 4 is 22.5 Å². The summed E-state index contributed by atoms with van der Waals surface area (Å²) in [5.41, 5.74) is 2.90. The number of aromatic carboxylic acids is 1. The van der Waals surface area contributed by atoms with E-state index in [4.69, 9.17) is 5.11 Å². The quantitative estimate of drug-likeness (QED) is 0.693. The molecule has 0 amide bonds. The molecule has 17 heavy (non-hydrogen) atoms. The number of hydrogen-bond donors (Lipinski definition) is 1. The van der Waals surface area contributed by atoms with Gasteiger partial charge in [-0.3, -0.25) is 4.40 Å². The molecule has 1 N–H and O–H groups in total. The average molecular weight is 226 g/mol. The summed E-state index contributed by atoms with van der Waals surface area (Å²) < 4.78 is 1.91. The number of carboxylic acids is 1. The Morgan fingerprint density at radius 2 is 2.06 bits per heavy atom. The molecule has 0 saturated heterocycles. The van der Waals surface area contributed by atoms with Gasteiger partial charge in [0.15, 0.2) is 0 Å². The number of carbonyl (C=O) groups is 1. The predicted octanol–water partition coefficient (Wildman–Crippen LogP) is 2.49. The van der Waals surface area contributed by atoms with Gasteiger partial charge in [-0.25, -0.2) is 9.78 Å². The van der Waals surface area contributed by atoms with E-state index in [-0.39, 0.29) is 5.56 Å². The molecule has 0 aliphatic carbocycles. The van der Waals surface area contributed by atoms with Crippen molar-refractivity contribution in [3.63, 3.8) is 0 Å². The first-order valence-corrected chi connectivity index (χ1v) is 5.27. The Balaban J connectivity index is 2.45. The fraction of sp³-hybridized carbons (Fsp3) is 0.0769. The lowest BCUT2D eigenvalue weighted by atomic mass is 10.1. The zero-order valence-electron chi connectivity index (χ0n) is 9.21. The summed E-state index contributed by atoms with van der Waals surface area (Å²) in [6, 6.07) is 8.97. The fourth-order valence-corrected chi connectivity index (χ4v) is 2.02. The van der Waals surface area contributed by atoms with E-state index in [9.17, 15) is 4.79 Å². The van der Waals surface area contributed by atoms with Gasteiger partial charge in [0.25, 0.3) is 0 Å². The Morgan fingerprint density at radius 1 is 1.29 bits per heavy atom. The summed E-state index contributed by atoms with van der Waals surface area (Å²) >= 11 is 0. The van der Waals surface area contributed by atoms with Crippen LogP contribution >= 0.6 is 0 Å². The van der Waals surface area contributed by atoms with Gasteiger partial charge in [-0.15, -0.1) is 0 Å². The minimum atomic E-state index is -0.916. The molecule has 4 heteroatoms. The monoisotopic (exact) mass is 226 g/mol. The van der Waals surface area contributed by atoms with E-state index in [0.717, 1.165) is 22.2 Å². The molecule has 0 atom stereocenters. The maximum Gasteiger partial charge on any atom is 0.335 e. The van der Waals surface area contributed by atoms with Crippen LogP contribution in [0.5, 0.6) is 0 Å². The van der Waals surface area contributed by atoms with Crippen LogP contribution in [0.1, 0.15) is 16.1 Å².